The molecule has 26 heavy (non-hydrogen) atoms. The molecule has 1 aromatic carbocycles. The Bertz CT molecular complexity index is 794. The van der Waals surface area contributed by atoms with E-state index >= 15 is 0 Å². The number of hydrogen-bond acceptors (Lipinski definition) is 4. The zero-order valence-electron chi connectivity index (χ0n) is 15.1. The molecule has 4 rings (SSSR count). The van der Waals surface area contributed by atoms with Crippen LogP contribution in [-0.2, 0) is 19.4 Å². The van der Waals surface area contributed by atoms with E-state index in [9.17, 15) is 9.18 Å². The molecule has 4 nitrogen and oxygen atoms in total. The van der Waals surface area contributed by atoms with Crippen LogP contribution >= 0.6 is 11.3 Å². The van der Waals surface area contributed by atoms with Gasteiger partial charge in [0.05, 0.1) is 0 Å². The molecule has 1 aliphatic heterocycles. The maximum Gasteiger partial charge on any atom is 0.256 e. The number of rotatable bonds is 4. The number of anilines is 1. The Balaban J connectivity index is 1.54. The number of thiophene rings is 1. The molecule has 1 N–H and O–H groups in total. The number of fused-ring (bicyclic) bond motifs is 1. The van der Waals surface area contributed by atoms with Gasteiger partial charge in [0.25, 0.3) is 5.91 Å². The van der Waals surface area contributed by atoms with E-state index in [0.29, 0.717) is 5.56 Å². The molecular weight excluding hydrogens is 349 g/mol. The van der Waals surface area contributed by atoms with Gasteiger partial charge < -0.3 is 10.2 Å². The normalized spacial score (nSPS) is 18.1. The molecule has 1 aromatic heterocycles. The number of likely N-dealkylation sites (N-methyl/N-ethyl adjacent to an activating group) is 1. The van der Waals surface area contributed by atoms with E-state index in [0.717, 1.165) is 50.6 Å². The summed E-state index contributed by atoms with van der Waals surface area (Å²) in [5.74, 6) is -0.489. The number of benzene rings is 1. The molecule has 138 valence electrons. The van der Waals surface area contributed by atoms with Crippen molar-refractivity contribution in [2.45, 2.75) is 25.8 Å². The average Bonchev–Trinajstić information content (AvgIpc) is 3.20. The van der Waals surface area contributed by atoms with Crippen LogP contribution in [-0.4, -0.2) is 48.9 Å². The number of amides is 1. The second kappa shape index (κ2) is 7.47. The molecule has 0 bridgehead atoms. The molecule has 1 saturated heterocycles. The summed E-state index contributed by atoms with van der Waals surface area (Å²) in [6, 6.07) is 5.72. The van der Waals surface area contributed by atoms with Gasteiger partial charge in [0.15, 0.2) is 0 Å². The van der Waals surface area contributed by atoms with Crippen molar-refractivity contribution in [3.8, 4) is 0 Å². The average molecular weight is 373 g/mol. The molecule has 1 aliphatic carbocycles. The first-order chi connectivity index (χ1) is 12.6. The first-order valence-corrected chi connectivity index (χ1v) is 10.0. The van der Waals surface area contributed by atoms with Crippen molar-refractivity contribution in [2.24, 2.45) is 0 Å². The number of halogens is 1. The molecule has 2 aromatic rings. The van der Waals surface area contributed by atoms with Crippen molar-refractivity contribution in [3.63, 3.8) is 0 Å². The third kappa shape index (κ3) is 3.68. The summed E-state index contributed by atoms with van der Waals surface area (Å²) in [6.45, 7) is 5.20. The van der Waals surface area contributed by atoms with Gasteiger partial charge in [-0.05, 0) is 56.1 Å². The van der Waals surface area contributed by atoms with Gasteiger partial charge in [-0.1, -0.05) is 0 Å². The Morgan fingerprint density at radius 1 is 1.15 bits per heavy atom. The summed E-state index contributed by atoms with van der Waals surface area (Å²) < 4.78 is 13.1. The van der Waals surface area contributed by atoms with E-state index < -0.39 is 0 Å². The van der Waals surface area contributed by atoms with Crippen LogP contribution in [0.1, 0.15) is 32.8 Å². The first-order valence-electron chi connectivity index (χ1n) is 9.21. The fourth-order valence-electron chi connectivity index (χ4n) is 3.74. The van der Waals surface area contributed by atoms with Crippen LogP contribution in [0, 0.1) is 5.82 Å². The second-order valence-electron chi connectivity index (χ2n) is 7.21. The van der Waals surface area contributed by atoms with Crippen LogP contribution in [0.3, 0.4) is 0 Å². The predicted molar refractivity (Wildman–Crippen MR) is 103 cm³/mol. The number of piperazine rings is 1. The molecular formula is C20H24FN3OS. The minimum atomic E-state index is -0.326. The number of carbonyl (C=O) groups is 1. The Kier molecular flexibility index (Phi) is 5.07. The smallest absolute Gasteiger partial charge is 0.256 e. The lowest BCUT2D eigenvalue weighted by Crippen LogP contribution is -2.44. The van der Waals surface area contributed by atoms with Gasteiger partial charge in [0.2, 0.25) is 0 Å². The van der Waals surface area contributed by atoms with Gasteiger partial charge in [-0.25, -0.2) is 4.39 Å². The van der Waals surface area contributed by atoms with Gasteiger partial charge in [-0.2, -0.15) is 0 Å². The lowest BCUT2D eigenvalue weighted by atomic mass is 10.1. The maximum atomic E-state index is 13.1. The van der Waals surface area contributed by atoms with Gasteiger partial charge in [-0.15, -0.1) is 11.3 Å². The van der Waals surface area contributed by atoms with E-state index in [-0.39, 0.29) is 11.7 Å². The van der Waals surface area contributed by atoms with E-state index in [2.05, 4.69) is 22.2 Å². The van der Waals surface area contributed by atoms with Crippen LogP contribution in [0.25, 0.3) is 0 Å². The molecule has 1 fully saturated rings. The van der Waals surface area contributed by atoms with Crippen molar-refractivity contribution in [3.05, 3.63) is 51.7 Å². The summed E-state index contributed by atoms with van der Waals surface area (Å²) in [5, 5.41) is 4.07. The Morgan fingerprint density at radius 3 is 2.62 bits per heavy atom. The minimum absolute atomic E-state index is 0.162. The second-order valence-corrected chi connectivity index (χ2v) is 8.31. The predicted octanol–water partition coefficient (Wildman–Crippen LogP) is 3.38. The monoisotopic (exact) mass is 373 g/mol. The van der Waals surface area contributed by atoms with Crippen LogP contribution in [0.5, 0.6) is 0 Å². The van der Waals surface area contributed by atoms with Crippen LogP contribution in [0.4, 0.5) is 9.39 Å². The molecule has 0 radical (unpaired) electrons. The van der Waals surface area contributed by atoms with Crippen molar-refractivity contribution in [2.75, 3.05) is 38.5 Å². The quantitative estimate of drug-likeness (QED) is 0.893. The van der Waals surface area contributed by atoms with Crippen molar-refractivity contribution < 1.29 is 9.18 Å². The number of aryl methyl sites for hydroxylation is 1. The summed E-state index contributed by atoms with van der Waals surface area (Å²) >= 11 is 1.72. The number of nitrogens with one attached hydrogen (secondary N) is 1. The molecule has 0 saturated carbocycles. The SMILES string of the molecule is CN1CCN(Cc2c(NC(=O)c3ccc(F)cc3)sc3c2CCC3)CC1. The standard InChI is InChI=1S/C20H24FN3OS/c1-23-9-11-24(12-10-23)13-17-16-3-2-4-18(16)26-20(17)22-19(25)14-5-7-15(21)8-6-14/h5-8H,2-4,9-13H2,1H3,(H,22,25). The third-order valence-electron chi connectivity index (χ3n) is 5.34. The topological polar surface area (TPSA) is 35.6 Å². The van der Waals surface area contributed by atoms with Crippen molar-refractivity contribution >= 4 is 22.2 Å². The molecule has 1 amide bonds. The maximum absolute atomic E-state index is 13.1. The van der Waals surface area contributed by atoms with Crippen molar-refractivity contribution in [1.29, 1.82) is 0 Å². The highest BCUT2D eigenvalue weighted by Gasteiger charge is 2.25. The van der Waals surface area contributed by atoms with E-state index in [1.54, 1.807) is 11.3 Å². The number of hydrogen-bond donors (Lipinski definition) is 1. The van der Waals surface area contributed by atoms with E-state index in [1.165, 1.54) is 46.7 Å². The summed E-state index contributed by atoms with van der Waals surface area (Å²) in [6.07, 6.45) is 3.44. The molecule has 0 spiro atoms. The van der Waals surface area contributed by atoms with Crippen molar-refractivity contribution in [1.82, 2.24) is 9.80 Å². The molecule has 2 heterocycles. The van der Waals surface area contributed by atoms with E-state index in [4.69, 9.17) is 0 Å². The van der Waals surface area contributed by atoms with Gasteiger partial charge in [0, 0.05) is 48.7 Å². The molecule has 0 unspecified atom stereocenters. The summed E-state index contributed by atoms with van der Waals surface area (Å²) in [7, 11) is 2.16. The Labute approximate surface area is 157 Å². The lowest BCUT2D eigenvalue weighted by Gasteiger charge is -2.32. The highest BCUT2D eigenvalue weighted by molar-refractivity contribution is 7.16. The molecule has 2 aliphatic rings. The lowest BCUT2D eigenvalue weighted by molar-refractivity contribution is 0.102. The Morgan fingerprint density at radius 2 is 1.88 bits per heavy atom. The van der Waals surface area contributed by atoms with Gasteiger partial charge in [-0.3, -0.25) is 9.69 Å². The Hall–Kier alpha value is -1.76. The first kappa shape index (κ1) is 17.6. The zero-order valence-corrected chi connectivity index (χ0v) is 15.9. The van der Waals surface area contributed by atoms with Gasteiger partial charge >= 0.3 is 0 Å². The summed E-state index contributed by atoms with van der Waals surface area (Å²) in [5.41, 5.74) is 3.23. The fraction of sp³-hybridized carbons (Fsp3) is 0.450. The molecule has 0 atom stereocenters. The van der Waals surface area contributed by atoms with Crippen LogP contribution in [0.2, 0.25) is 0 Å². The molecule has 6 heteroatoms. The van der Waals surface area contributed by atoms with Crippen LogP contribution < -0.4 is 5.32 Å². The number of nitrogens with zero attached hydrogens (tertiary/aromatic N) is 2. The van der Waals surface area contributed by atoms with Crippen LogP contribution in [0.15, 0.2) is 24.3 Å². The van der Waals surface area contributed by atoms with Gasteiger partial charge in [0.1, 0.15) is 10.8 Å². The fourth-order valence-corrected chi connectivity index (χ4v) is 5.04. The van der Waals surface area contributed by atoms with E-state index in [1.807, 2.05) is 0 Å². The summed E-state index contributed by atoms with van der Waals surface area (Å²) in [4.78, 5) is 18.8. The highest BCUT2D eigenvalue weighted by Crippen LogP contribution is 2.40. The minimum Gasteiger partial charge on any atom is -0.313 e. The highest BCUT2D eigenvalue weighted by atomic mass is 32.1. The third-order valence-corrected chi connectivity index (χ3v) is 6.59. The number of carbonyl (C=O) groups excluding carboxylic acids is 1. The zero-order chi connectivity index (χ0) is 18.1. The largest absolute Gasteiger partial charge is 0.313 e.